The minimum atomic E-state index is 0.445. The fourth-order valence-electron chi connectivity index (χ4n) is 3.08. The lowest BCUT2D eigenvalue weighted by Gasteiger charge is -2.21. The summed E-state index contributed by atoms with van der Waals surface area (Å²) in [6.07, 6.45) is 5.48. The topological polar surface area (TPSA) is 60.2 Å². The molecule has 0 radical (unpaired) electrons. The van der Waals surface area contributed by atoms with E-state index in [0.29, 0.717) is 12.0 Å². The van der Waals surface area contributed by atoms with Gasteiger partial charge in [-0.3, -0.25) is 0 Å². The normalized spacial score (nSPS) is 22.1. The number of nitrogens with two attached hydrogens (primary N) is 1. The Morgan fingerprint density at radius 1 is 1.35 bits per heavy atom. The van der Waals surface area contributed by atoms with E-state index in [9.17, 15) is 0 Å². The number of hydrogen-bond donors (Lipinski definition) is 2. The van der Waals surface area contributed by atoms with Gasteiger partial charge in [0.15, 0.2) is 0 Å². The first-order valence-corrected chi connectivity index (χ1v) is 7.21. The standard InChI is InChI=1S/C16H21N3O/c1-20-13-5-6-14-11(9-13)7-8-18-16(14)19-15-4-2-3-12(15)10-17/h5-9,12,15H,2-4,10,17H2,1H3,(H,18,19). The maximum absolute atomic E-state index is 5.85. The summed E-state index contributed by atoms with van der Waals surface area (Å²) in [6, 6.07) is 8.54. The van der Waals surface area contributed by atoms with E-state index in [1.807, 2.05) is 24.4 Å². The first-order chi connectivity index (χ1) is 9.81. The number of nitrogens with zero attached hydrogens (tertiary/aromatic N) is 1. The van der Waals surface area contributed by atoms with E-state index < -0.39 is 0 Å². The Hall–Kier alpha value is -1.81. The Morgan fingerprint density at radius 3 is 3.05 bits per heavy atom. The number of rotatable bonds is 4. The summed E-state index contributed by atoms with van der Waals surface area (Å²) < 4.78 is 5.27. The molecule has 3 rings (SSSR count). The maximum atomic E-state index is 5.85. The van der Waals surface area contributed by atoms with Crippen LogP contribution in [-0.4, -0.2) is 24.7 Å². The highest BCUT2D eigenvalue weighted by Gasteiger charge is 2.26. The molecule has 1 aliphatic rings. The fourth-order valence-corrected chi connectivity index (χ4v) is 3.08. The van der Waals surface area contributed by atoms with E-state index in [-0.39, 0.29) is 0 Å². The number of benzene rings is 1. The van der Waals surface area contributed by atoms with Crippen molar-refractivity contribution in [2.24, 2.45) is 11.7 Å². The lowest BCUT2D eigenvalue weighted by Crippen LogP contribution is -2.29. The molecular formula is C16H21N3O. The highest BCUT2D eigenvalue weighted by molar-refractivity contribution is 5.92. The van der Waals surface area contributed by atoms with Gasteiger partial charge in [-0.25, -0.2) is 4.98 Å². The van der Waals surface area contributed by atoms with Crippen LogP contribution in [0.3, 0.4) is 0 Å². The molecule has 1 aromatic carbocycles. The molecule has 4 heteroatoms. The van der Waals surface area contributed by atoms with Crippen LogP contribution in [0.4, 0.5) is 5.82 Å². The molecule has 2 atom stereocenters. The lowest BCUT2D eigenvalue weighted by molar-refractivity contribution is 0.415. The van der Waals surface area contributed by atoms with Gasteiger partial charge < -0.3 is 15.8 Å². The van der Waals surface area contributed by atoms with Crippen LogP contribution in [0.15, 0.2) is 30.5 Å². The number of fused-ring (bicyclic) bond motifs is 1. The molecule has 20 heavy (non-hydrogen) atoms. The average molecular weight is 271 g/mol. The number of methoxy groups -OCH3 is 1. The van der Waals surface area contributed by atoms with Crippen molar-refractivity contribution in [1.82, 2.24) is 4.98 Å². The van der Waals surface area contributed by atoms with Crippen molar-refractivity contribution >= 4 is 16.6 Å². The molecule has 0 amide bonds. The third-order valence-electron chi connectivity index (χ3n) is 4.26. The van der Waals surface area contributed by atoms with Gasteiger partial charge in [0.2, 0.25) is 0 Å². The van der Waals surface area contributed by atoms with Crippen molar-refractivity contribution in [1.29, 1.82) is 0 Å². The Kier molecular flexibility index (Phi) is 3.74. The molecule has 2 aromatic rings. The first kappa shape index (κ1) is 13.2. The van der Waals surface area contributed by atoms with E-state index in [2.05, 4.69) is 16.4 Å². The second-order valence-electron chi connectivity index (χ2n) is 5.42. The van der Waals surface area contributed by atoms with Crippen LogP contribution in [0.25, 0.3) is 10.8 Å². The van der Waals surface area contributed by atoms with Crippen molar-refractivity contribution in [2.45, 2.75) is 25.3 Å². The van der Waals surface area contributed by atoms with Crippen LogP contribution in [0.2, 0.25) is 0 Å². The average Bonchev–Trinajstić information content (AvgIpc) is 2.94. The van der Waals surface area contributed by atoms with Crippen molar-refractivity contribution in [3.05, 3.63) is 30.5 Å². The zero-order chi connectivity index (χ0) is 13.9. The monoisotopic (exact) mass is 271 g/mol. The highest BCUT2D eigenvalue weighted by atomic mass is 16.5. The molecule has 0 spiro atoms. The number of hydrogen-bond acceptors (Lipinski definition) is 4. The van der Waals surface area contributed by atoms with E-state index in [0.717, 1.165) is 28.9 Å². The predicted octanol–water partition coefficient (Wildman–Crippen LogP) is 2.78. The number of aromatic nitrogens is 1. The molecule has 0 aliphatic heterocycles. The van der Waals surface area contributed by atoms with Crippen LogP contribution in [0.5, 0.6) is 5.75 Å². The molecule has 106 valence electrons. The van der Waals surface area contributed by atoms with Crippen molar-refractivity contribution < 1.29 is 4.74 Å². The summed E-state index contributed by atoms with van der Waals surface area (Å²) in [7, 11) is 1.69. The highest BCUT2D eigenvalue weighted by Crippen LogP contribution is 2.30. The van der Waals surface area contributed by atoms with Crippen LogP contribution in [0.1, 0.15) is 19.3 Å². The van der Waals surface area contributed by atoms with Gasteiger partial charge in [-0.2, -0.15) is 0 Å². The summed E-state index contributed by atoms with van der Waals surface area (Å²) in [6.45, 7) is 0.746. The SMILES string of the molecule is COc1ccc2c(NC3CCCC3CN)nccc2c1. The van der Waals surface area contributed by atoms with Crippen LogP contribution >= 0.6 is 0 Å². The third kappa shape index (κ3) is 2.43. The van der Waals surface area contributed by atoms with Crippen molar-refractivity contribution in [3.8, 4) is 5.75 Å². The largest absolute Gasteiger partial charge is 0.497 e. The summed E-state index contributed by atoms with van der Waals surface area (Å²) in [5.41, 5.74) is 5.85. The third-order valence-corrected chi connectivity index (χ3v) is 4.26. The smallest absolute Gasteiger partial charge is 0.134 e. The molecule has 0 bridgehead atoms. The van der Waals surface area contributed by atoms with Gasteiger partial charge in [0.05, 0.1) is 7.11 Å². The molecule has 1 heterocycles. The minimum Gasteiger partial charge on any atom is -0.497 e. The van der Waals surface area contributed by atoms with Gasteiger partial charge in [0, 0.05) is 17.6 Å². The molecule has 1 aromatic heterocycles. The Bertz CT molecular complexity index is 599. The van der Waals surface area contributed by atoms with E-state index in [1.165, 1.54) is 19.3 Å². The zero-order valence-corrected chi connectivity index (χ0v) is 11.8. The van der Waals surface area contributed by atoms with Gasteiger partial charge >= 0.3 is 0 Å². The lowest BCUT2D eigenvalue weighted by atomic mass is 10.0. The quantitative estimate of drug-likeness (QED) is 0.897. The second-order valence-corrected chi connectivity index (χ2v) is 5.42. The summed E-state index contributed by atoms with van der Waals surface area (Å²) >= 11 is 0. The predicted molar refractivity (Wildman–Crippen MR) is 82.1 cm³/mol. The zero-order valence-electron chi connectivity index (χ0n) is 11.8. The van der Waals surface area contributed by atoms with Crippen LogP contribution in [-0.2, 0) is 0 Å². The van der Waals surface area contributed by atoms with Crippen molar-refractivity contribution in [2.75, 3.05) is 19.0 Å². The Morgan fingerprint density at radius 2 is 2.25 bits per heavy atom. The molecule has 3 N–H and O–H groups in total. The Labute approximate surface area is 119 Å². The molecular weight excluding hydrogens is 250 g/mol. The summed E-state index contributed by atoms with van der Waals surface area (Å²) in [4.78, 5) is 4.50. The molecule has 1 aliphatic carbocycles. The molecule has 0 saturated heterocycles. The minimum absolute atomic E-state index is 0.445. The summed E-state index contributed by atoms with van der Waals surface area (Å²) in [5, 5.41) is 5.87. The molecule has 2 unspecified atom stereocenters. The molecule has 1 saturated carbocycles. The van der Waals surface area contributed by atoms with Gasteiger partial charge in [0.25, 0.3) is 0 Å². The Balaban J connectivity index is 1.91. The first-order valence-electron chi connectivity index (χ1n) is 7.21. The van der Waals surface area contributed by atoms with Crippen LogP contribution < -0.4 is 15.8 Å². The van der Waals surface area contributed by atoms with Gasteiger partial charge in [-0.05, 0) is 55.0 Å². The van der Waals surface area contributed by atoms with E-state index >= 15 is 0 Å². The second kappa shape index (κ2) is 5.67. The van der Waals surface area contributed by atoms with E-state index in [4.69, 9.17) is 10.5 Å². The van der Waals surface area contributed by atoms with Crippen molar-refractivity contribution in [3.63, 3.8) is 0 Å². The van der Waals surface area contributed by atoms with Gasteiger partial charge in [0.1, 0.15) is 11.6 Å². The van der Waals surface area contributed by atoms with E-state index in [1.54, 1.807) is 7.11 Å². The van der Waals surface area contributed by atoms with Crippen LogP contribution in [0, 0.1) is 5.92 Å². The van der Waals surface area contributed by atoms with Gasteiger partial charge in [-0.15, -0.1) is 0 Å². The van der Waals surface area contributed by atoms with Gasteiger partial charge in [-0.1, -0.05) is 6.42 Å². The fraction of sp³-hybridized carbons (Fsp3) is 0.438. The number of pyridine rings is 1. The number of ether oxygens (including phenoxy) is 1. The molecule has 4 nitrogen and oxygen atoms in total. The molecule has 1 fully saturated rings. The summed E-state index contributed by atoms with van der Waals surface area (Å²) in [5.74, 6) is 2.39. The number of nitrogens with one attached hydrogen (secondary N) is 1. The maximum Gasteiger partial charge on any atom is 0.134 e. The number of anilines is 1.